The van der Waals surface area contributed by atoms with Crippen molar-refractivity contribution in [3.63, 3.8) is 0 Å². The smallest absolute Gasteiger partial charge is 0.260 e. The van der Waals surface area contributed by atoms with Gasteiger partial charge in [-0.05, 0) is 35.9 Å². The Hall–Kier alpha value is -3.29. The average Bonchev–Trinajstić information content (AvgIpc) is 3.17. The Balaban J connectivity index is 2.06. The minimum atomic E-state index is -0.487. The van der Waals surface area contributed by atoms with E-state index in [0.717, 1.165) is 27.8 Å². The van der Waals surface area contributed by atoms with E-state index in [1.807, 2.05) is 53.1 Å². The van der Waals surface area contributed by atoms with Crippen LogP contribution in [0.2, 0.25) is 0 Å². The first kappa shape index (κ1) is 21.9. The third kappa shape index (κ3) is 3.85. The summed E-state index contributed by atoms with van der Waals surface area (Å²) in [6.07, 6.45) is 0. The van der Waals surface area contributed by atoms with Crippen LogP contribution in [-0.4, -0.2) is 15.5 Å². The lowest BCUT2D eigenvalue weighted by Crippen LogP contribution is -2.28. The summed E-state index contributed by atoms with van der Waals surface area (Å²) in [4.78, 5) is 30.1. The minimum Gasteiger partial charge on any atom is -0.365 e. The van der Waals surface area contributed by atoms with Crippen molar-refractivity contribution in [3.8, 4) is 21.7 Å². The molecule has 0 aliphatic rings. The van der Waals surface area contributed by atoms with Crippen LogP contribution < -0.4 is 17.0 Å². The number of pyridine rings is 1. The van der Waals surface area contributed by atoms with E-state index in [9.17, 15) is 9.59 Å². The van der Waals surface area contributed by atoms with Gasteiger partial charge in [-0.2, -0.15) is 0 Å². The van der Waals surface area contributed by atoms with Crippen molar-refractivity contribution in [2.75, 3.05) is 0 Å². The number of primary amides is 1. The van der Waals surface area contributed by atoms with Gasteiger partial charge in [-0.3, -0.25) is 9.59 Å². The monoisotopic (exact) mass is 446 g/mol. The molecule has 1 amide bonds. The number of aryl methyl sites for hydroxylation is 1. The van der Waals surface area contributed by atoms with Gasteiger partial charge >= 0.3 is 0 Å². The molecule has 0 radical (unpaired) electrons. The average molecular weight is 447 g/mol. The molecule has 0 aliphatic heterocycles. The molecule has 6 nitrogen and oxygen atoms in total. The summed E-state index contributed by atoms with van der Waals surface area (Å²) in [6, 6.07) is 15.7. The molecule has 0 fully saturated rings. The summed E-state index contributed by atoms with van der Waals surface area (Å²) in [7, 11) is 0. The number of benzene rings is 2. The normalized spacial score (nSPS) is 11.4. The van der Waals surface area contributed by atoms with Crippen molar-refractivity contribution in [2.45, 2.75) is 33.9 Å². The number of hydrogen-bond acceptors (Lipinski definition) is 5. The summed E-state index contributed by atoms with van der Waals surface area (Å²) < 4.78 is 1.81. The van der Waals surface area contributed by atoms with Gasteiger partial charge in [0.15, 0.2) is 0 Å². The van der Waals surface area contributed by atoms with Gasteiger partial charge in [0.1, 0.15) is 9.88 Å². The standard InChI is InChI=1S/C25H26N4O2S/c1-14(2)13-29-20(12-26)21(16-7-5-4-6-8-16)19-11-17(9-10-18(19)25(29)31)24-28-15(3)22(32-24)23(27)30/h4-11,14H,12-13,26H2,1-3H3,(H2,27,30). The van der Waals surface area contributed by atoms with Crippen LogP contribution in [0.4, 0.5) is 0 Å². The molecule has 0 saturated carbocycles. The Morgan fingerprint density at radius 2 is 1.81 bits per heavy atom. The third-order valence-corrected chi connectivity index (χ3v) is 6.67. The van der Waals surface area contributed by atoms with Crippen LogP contribution >= 0.6 is 11.3 Å². The first-order valence-corrected chi connectivity index (χ1v) is 11.4. The Morgan fingerprint density at radius 3 is 2.41 bits per heavy atom. The molecule has 0 saturated heterocycles. The van der Waals surface area contributed by atoms with Gasteiger partial charge in [-0.1, -0.05) is 50.2 Å². The van der Waals surface area contributed by atoms with Crippen molar-refractivity contribution in [3.05, 3.63) is 75.1 Å². The van der Waals surface area contributed by atoms with Gasteiger partial charge in [0.05, 0.1) is 5.69 Å². The first-order valence-electron chi connectivity index (χ1n) is 10.5. The van der Waals surface area contributed by atoms with E-state index in [1.54, 1.807) is 6.92 Å². The molecule has 0 bridgehead atoms. The van der Waals surface area contributed by atoms with Crippen LogP contribution in [0.25, 0.3) is 32.5 Å². The van der Waals surface area contributed by atoms with Crippen molar-refractivity contribution >= 4 is 28.0 Å². The number of nitrogens with zero attached hydrogens (tertiary/aromatic N) is 2. The second kappa shape index (κ2) is 8.68. The van der Waals surface area contributed by atoms with Crippen LogP contribution in [0.3, 0.4) is 0 Å². The van der Waals surface area contributed by atoms with Crippen molar-refractivity contribution in [1.82, 2.24) is 9.55 Å². The van der Waals surface area contributed by atoms with E-state index in [2.05, 4.69) is 18.8 Å². The second-order valence-electron chi connectivity index (χ2n) is 8.26. The molecule has 2 heterocycles. The van der Waals surface area contributed by atoms with E-state index < -0.39 is 5.91 Å². The van der Waals surface area contributed by atoms with Crippen LogP contribution in [0, 0.1) is 12.8 Å². The summed E-state index contributed by atoms with van der Waals surface area (Å²) in [6.45, 7) is 6.78. The molecule has 2 aromatic carbocycles. The molecule has 0 unspecified atom stereocenters. The number of amides is 1. The number of carbonyl (C=O) groups is 1. The van der Waals surface area contributed by atoms with E-state index in [-0.39, 0.29) is 12.1 Å². The summed E-state index contributed by atoms with van der Waals surface area (Å²) in [5, 5.41) is 2.15. The van der Waals surface area contributed by atoms with Gasteiger partial charge in [-0.15, -0.1) is 11.3 Å². The zero-order valence-electron chi connectivity index (χ0n) is 18.4. The maximum Gasteiger partial charge on any atom is 0.260 e. The van der Waals surface area contributed by atoms with Crippen LogP contribution in [0.1, 0.15) is 34.9 Å². The maximum atomic E-state index is 13.5. The molecule has 2 aromatic heterocycles. The van der Waals surface area contributed by atoms with Gasteiger partial charge in [0.2, 0.25) is 0 Å². The highest BCUT2D eigenvalue weighted by Gasteiger charge is 2.20. The number of nitrogens with two attached hydrogens (primary N) is 2. The highest BCUT2D eigenvalue weighted by molar-refractivity contribution is 7.17. The lowest BCUT2D eigenvalue weighted by Gasteiger charge is -2.21. The quantitative estimate of drug-likeness (QED) is 0.460. The molecule has 0 spiro atoms. The van der Waals surface area contributed by atoms with Crippen LogP contribution in [0.5, 0.6) is 0 Å². The zero-order valence-corrected chi connectivity index (χ0v) is 19.2. The molecule has 0 aliphatic carbocycles. The predicted octanol–water partition coefficient (Wildman–Crippen LogP) is 4.31. The number of carbonyl (C=O) groups excluding carboxylic acids is 1. The Morgan fingerprint density at radius 1 is 1.09 bits per heavy atom. The first-order chi connectivity index (χ1) is 15.3. The van der Waals surface area contributed by atoms with Gasteiger partial charge < -0.3 is 16.0 Å². The summed E-state index contributed by atoms with van der Waals surface area (Å²) in [5.41, 5.74) is 15.9. The summed E-state index contributed by atoms with van der Waals surface area (Å²) >= 11 is 1.26. The van der Waals surface area contributed by atoms with Crippen LogP contribution in [0.15, 0.2) is 53.3 Å². The van der Waals surface area contributed by atoms with E-state index >= 15 is 0 Å². The molecule has 0 atom stereocenters. The van der Waals surface area contributed by atoms with Gasteiger partial charge in [0, 0.05) is 35.3 Å². The highest BCUT2D eigenvalue weighted by Crippen LogP contribution is 2.35. The number of rotatable bonds is 6. The number of fused-ring (bicyclic) bond motifs is 1. The van der Waals surface area contributed by atoms with Crippen molar-refractivity contribution in [1.29, 1.82) is 0 Å². The molecular weight excluding hydrogens is 420 g/mol. The lowest BCUT2D eigenvalue weighted by molar-refractivity contribution is 0.100. The molecule has 4 rings (SSSR count). The number of aromatic nitrogens is 2. The van der Waals surface area contributed by atoms with Gasteiger partial charge in [0.25, 0.3) is 11.5 Å². The Labute approximate surface area is 190 Å². The molecule has 4 aromatic rings. The molecule has 164 valence electrons. The Bertz CT molecular complexity index is 1370. The fourth-order valence-electron chi connectivity index (χ4n) is 4.07. The summed E-state index contributed by atoms with van der Waals surface area (Å²) in [5.74, 6) is -0.192. The number of hydrogen-bond donors (Lipinski definition) is 2. The van der Waals surface area contributed by atoms with E-state index in [0.29, 0.717) is 33.4 Å². The fraction of sp³-hybridized carbons (Fsp3) is 0.240. The molecule has 32 heavy (non-hydrogen) atoms. The third-order valence-electron chi connectivity index (χ3n) is 5.45. The molecule has 7 heteroatoms. The second-order valence-corrected chi connectivity index (χ2v) is 9.26. The van der Waals surface area contributed by atoms with Crippen molar-refractivity contribution in [2.24, 2.45) is 17.4 Å². The number of thiazole rings is 1. The molecular formula is C25H26N4O2S. The maximum absolute atomic E-state index is 13.5. The largest absolute Gasteiger partial charge is 0.365 e. The minimum absolute atomic E-state index is 0.0477. The zero-order chi connectivity index (χ0) is 23.0. The topological polar surface area (TPSA) is 104 Å². The Kier molecular flexibility index (Phi) is 5.95. The van der Waals surface area contributed by atoms with Gasteiger partial charge in [-0.25, -0.2) is 4.98 Å². The predicted molar refractivity (Wildman–Crippen MR) is 131 cm³/mol. The van der Waals surface area contributed by atoms with E-state index in [1.165, 1.54) is 11.3 Å². The lowest BCUT2D eigenvalue weighted by atomic mass is 9.95. The SMILES string of the molecule is Cc1nc(-c2ccc3c(=O)n(CC(C)C)c(CN)c(-c4ccccc4)c3c2)sc1C(N)=O. The van der Waals surface area contributed by atoms with E-state index in [4.69, 9.17) is 11.5 Å². The highest BCUT2D eigenvalue weighted by atomic mass is 32.1. The van der Waals surface area contributed by atoms with Crippen molar-refractivity contribution < 1.29 is 4.79 Å². The van der Waals surface area contributed by atoms with Crippen LogP contribution in [-0.2, 0) is 13.1 Å². The molecule has 4 N–H and O–H groups in total. The fourth-order valence-corrected chi connectivity index (χ4v) is 4.99.